The first-order valence-electron chi connectivity index (χ1n) is 7.04. The lowest BCUT2D eigenvalue weighted by Crippen LogP contribution is -2.34. The van der Waals surface area contributed by atoms with Crippen LogP contribution < -0.4 is 4.90 Å². The highest BCUT2D eigenvalue weighted by molar-refractivity contribution is 5.41. The third kappa shape index (κ3) is 2.38. The quantitative estimate of drug-likeness (QED) is 0.784. The number of rotatable bonds is 2. The highest BCUT2D eigenvalue weighted by atomic mass is 15.2. The fourth-order valence-corrected chi connectivity index (χ4v) is 2.32. The van der Waals surface area contributed by atoms with Crippen molar-refractivity contribution in [2.45, 2.75) is 52.9 Å². The van der Waals surface area contributed by atoms with Gasteiger partial charge in [-0.05, 0) is 35.3 Å². The molecule has 0 bridgehead atoms. The summed E-state index contributed by atoms with van der Waals surface area (Å²) >= 11 is 0. The van der Waals surface area contributed by atoms with E-state index in [9.17, 15) is 0 Å². The summed E-state index contributed by atoms with van der Waals surface area (Å²) in [6.45, 7) is 13.8. The van der Waals surface area contributed by atoms with Gasteiger partial charge >= 0.3 is 0 Å². The maximum absolute atomic E-state index is 4.67. The van der Waals surface area contributed by atoms with Crippen molar-refractivity contribution >= 4 is 5.82 Å². The fourth-order valence-electron chi connectivity index (χ4n) is 2.32. The lowest BCUT2D eigenvalue weighted by molar-refractivity contribution is 0.225. The monoisotopic (exact) mass is 246 g/mol. The van der Waals surface area contributed by atoms with Crippen molar-refractivity contribution in [3.63, 3.8) is 0 Å². The zero-order valence-electron chi connectivity index (χ0n) is 12.5. The average molecular weight is 246 g/mol. The van der Waals surface area contributed by atoms with E-state index in [0.29, 0.717) is 0 Å². The van der Waals surface area contributed by atoms with Crippen LogP contribution in [0.3, 0.4) is 0 Å². The third-order valence-electron chi connectivity index (χ3n) is 4.77. The molecule has 0 unspecified atom stereocenters. The first-order chi connectivity index (χ1) is 8.32. The van der Waals surface area contributed by atoms with E-state index in [1.807, 2.05) is 0 Å². The molecule has 100 valence electrons. The predicted octanol–water partition coefficient (Wildman–Crippen LogP) is 4.01. The van der Waals surface area contributed by atoms with Crippen molar-refractivity contribution < 1.29 is 0 Å². The molecule has 1 saturated heterocycles. The van der Waals surface area contributed by atoms with Gasteiger partial charge in [0.25, 0.3) is 0 Å². The molecule has 1 aromatic rings. The second kappa shape index (κ2) is 4.56. The van der Waals surface area contributed by atoms with Crippen LogP contribution >= 0.6 is 0 Å². The van der Waals surface area contributed by atoms with Crippen LogP contribution in [-0.2, 0) is 5.41 Å². The normalized spacial score (nSPS) is 17.3. The first kappa shape index (κ1) is 13.4. The first-order valence-corrected chi connectivity index (χ1v) is 7.04. The molecular formula is C16H26N2. The molecule has 0 saturated carbocycles. The molecule has 1 aliphatic heterocycles. The van der Waals surface area contributed by atoms with E-state index >= 15 is 0 Å². The molecule has 1 aliphatic rings. The summed E-state index contributed by atoms with van der Waals surface area (Å²) in [5, 5.41) is 0. The number of nitrogens with zero attached hydrogens (tertiary/aromatic N) is 2. The fraction of sp³-hybridized carbons (Fsp3) is 0.688. The summed E-state index contributed by atoms with van der Waals surface area (Å²) in [6, 6.07) is 4.44. The van der Waals surface area contributed by atoms with Crippen LogP contribution in [-0.4, -0.2) is 18.1 Å². The van der Waals surface area contributed by atoms with Gasteiger partial charge in [-0.3, -0.25) is 0 Å². The van der Waals surface area contributed by atoms with Crippen LogP contribution in [0.15, 0.2) is 18.3 Å². The summed E-state index contributed by atoms with van der Waals surface area (Å²) in [5.41, 5.74) is 1.71. The lowest BCUT2D eigenvalue weighted by atomic mass is 9.66. The summed E-state index contributed by atoms with van der Waals surface area (Å²) in [5.74, 6) is 1.14. The van der Waals surface area contributed by atoms with Crippen LogP contribution in [0.4, 0.5) is 5.82 Å². The summed E-state index contributed by atoms with van der Waals surface area (Å²) in [4.78, 5) is 7.05. The number of hydrogen-bond donors (Lipinski definition) is 0. The van der Waals surface area contributed by atoms with Gasteiger partial charge in [0.1, 0.15) is 5.82 Å². The summed E-state index contributed by atoms with van der Waals surface area (Å²) < 4.78 is 0. The Bertz CT molecular complexity index is 392. The molecule has 0 aliphatic carbocycles. The Hall–Kier alpha value is -1.05. The van der Waals surface area contributed by atoms with E-state index in [2.05, 4.69) is 62.8 Å². The Labute approximate surface area is 111 Å². The zero-order chi connectivity index (χ0) is 13.4. The van der Waals surface area contributed by atoms with Crippen LogP contribution in [0.25, 0.3) is 0 Å². The van der Waals surface area contributed by atoms with Gasteiger partial charge in [-0.15, -0.1) is 0 Å². The zero-order valence-corrected chi connectivity index (χ0v) is 12.5. The van der Waals surface area contributed by atoms with Gasteiger partial charge in [0.2, 0.25) is 0 Å². The van der Waals surface area contributed by atoms with Crippen LogP contribution in [0.1, 0.15) is 53.0 Å². The maximum atomic E-state index is 4.67. The maximum Gasteiger partial charge on any atom is 0.128 e. The van der Waals surface area contributed by atoms with Crippen LogP contribution in [0.2, 0.25) is 0 Å². The minimum atomic E-state index is 0.142. The van der Waals surface area contributed by atoms with E-state index in [1.54, 1.807) is 0 Å². The van der Waals surface area contributed by atoms with Gasteiger partial charge in [0, 0.05) is 19.3 Å². The lowest BCUT2D eigenvalue weighted by Gasteiger charge is -2.39. The standard InChI is InChI=1S/C16H26N2/c1-15(2,3)16(4,5)13-8-9-14(17-12-13)18-10-6-7-11-18/h8-9,12H,6-7,10-11H2,1-5H3. The van der Waals surface area contributed by atoms with Crippen molar-refractivity contribution in [3.8, 4) is 0 Å². The van der Waals surface area contributed by atoms with Gasteiger partial charge in [0.05, 0.1) is 0 Å². The Morgan fingerprint density at radius 1 is 1.00 bits per heavy atom. The van der Waals surface area contributed by atoms with Gasteiger partial charge < -0.3 is 4.90 Å². The number of aromatic nitrogens is 1. The smallest absolute Gasteiger partial charge is 0.128 e. The Balaban J connectivity index is 2.22. The highest BCUT2D eigenvalue weighted by Gasteiger charge is 2.34. The van der Waals surface area contributed by atoms with Crippen molar-refractivity contribution in [3.05, 3.63) is 23.9 Å². The Kier molecular flexibility index (Phi) is 3.39. The van der Waals surface area contributed by atoms with E-state index in [0.717, 1.165) is 18.9 Å². The van der Waals surface area contributed by atoms with E-state index in [1.165, 1.54) is 18.4 Å². The Morgan fingerprint density at radius 3 is 2.06 bits per heavy atom. The topological polar surface area (TPSA) is 16.1 Å². The molecule has 0 amide bonds. The summed E-state index contributed by atoms with van der Waals surface area (Å²) in [7, 11) is 0. The summed E-state index contributed by atoms with van der Waals surface area (Å²) in [6.07, 6.45) is 4.67. The molecular weight excluding hydrogens is 220 g/mol. The second-order valence-electron chi connectivity index (χ2n) is 6.97. The molecule has 0 N–H and O–H groups in total. The number of hydrogen-bond acceptors (Lipinski definition) is 2. The van der Waals surface area contributed by atoms with Gasteiger partial charge in [-0.2, -0.15) is 0 Å². The molecule has 0 radical (unpaired) electrons. The molecule has 1 fully saturated rings. The van der Waals surface area contributed by atoms with Crippen LogP contribution in [0, 0.1) is 5.41 Å². The number of pyridine rings is 1. The number of anilines is 1. The van der Waals surface area contributed by atoms with Crippen molar-refractivity contribution in [2.24, 2.45) is 5.41 Å². The van der Waals surface area contributed by atoms with E-state index < -0.39 is 0 Å². The Morgan fingerprint density at radius 2 is 1.61 bits per heavy atom. The average Bonchev–Trinajstić information content (AvgIpc) is 2.81. The molecule has 0 spiro atoms. The van der Waals surface area contributed by atoms with Gasteiger partial charge in [-0.25, -0.2) is 4.98 Å². The minimum absolute atomic E-state index is 0.142. The molecule has 2 heteroatoms. The minimum Gasteiger partial charge on any atom is -0.357 e. The highest BCUT2D eigenvalue weighted by Crippen LogP contribution is 2.40. The van der Waals surface area contributed by atoms with E-state index in [4.69, 9.17) is 0 Å². The molecule has 2 rings (SSSR count). The largest absolute Gasteiger partial charge is 0.357 e. The molecule has 0 atom stereocenters. The molecule has 2 heterocycles. The van der Waals surface area contributed by atoms with E-state index in [-0.39, 0.29) is 10.8 Å². The predicted molar refractivity (Wildman–Crippen MR) is 78.2 cm³/mol. The van der Waals surface area contributed by atoms with Crippen LogP contribution in [0.5, 0.6) is 0 Å². The molecule has 2 nitrogen and oxygen atoms in total. The van der Waals surface area contributed by atoms with Crippen molar-refractivity contribution in [2.75, 3.05) is 18.0 Å². The van der Waals surface area contributed by atoms with Gasteiger partial charge in [0.15, 0.2) is 0 Å². The second-order valence-corrected chi connectivity index (χ2v) is 6.97. The third-order valence-corrected chi connectivity index (χ3v) is 4.77. The molecule has 18 heavy (non-hydrogen) atoms. The van der Waals surface area contributed by atoms with Crippen molar-refractivity contribution in [1.82, 2.24) is 4.98 Å². The molecule has 0 aromatic carbocycles. The van der Waals surface area contributed by atoms with Crippen molar-refractivity contribution in [1.29, 1.82) is 0 Å². The SMILES string of the molecule is CC(C)(C)C(C)(C)c1ccc(N2CCCC2)nc1. The van der Waals surface area contributed by atoms with Gasteiger partial charge in [-0.1, -0.05) is 40.7 Å². The molecule has 1 aromatic heterocycles.